The van der Waals surface area contributed by atoms with Crippen LogP contribution in [0.15, 0.2) is 30.3 Å². The Balaban J connectivity index is 0.00000210. The number of hydrogen-bond donors (Lipinski definition) is 1. The molecular formula is C23H35ClN2O. The first-order valence-corrected chi connectivity index (χ1v) is 10.8. The third-order valence-electron chi connectivity index (χ3n) is 7.28. The Morgan fingerprint density at radius 1 is 1.00 bits per heavy atom. The van der Waals surface area contributed by atoms with Gasteiger partial charge in [-0.3, -0.25) is 4.79 Å². The highest BCUT2D eigenvalue weighted by Crippen LogP contribution is 2.43. The molecule has 0 spiro atoms. The summed E-state index contributed by atoms with van der Waals surface area (Å²) in [6.45, 7) is 0.968. The number of nitrogens with two attached hydrogens (primary N) is 1. The molecule has 3 aliphatic rings. The molecule has 1 saturated heterocycles. The summed E-state index contributed by atoms with van der Waals surface area (Å²) in [5.41, 5.74) is 7.83. The van der Waals surface area contributed by atoms with E-state index in [-0.39, 0.29) is 18.3 Å². The van der Waals surface area contributed by atoms with E-state index in [1.165, 1.54) is 44.1 Å². The van der Waals surface area contributed by atoms with Crippen molar-refractivity contribution in [3.05, 3.63) is 35.9 Å². The van der Waals surface area contributed by atoms with Crippen LogP contribution in [0.25, 0.3) is 0 Å². The number of piperidine rings is 1. The number of aryl methyl sites for hydroxylation is 1. The lowest BCUT2D eigenvalue weighted by atomic mass is 9.64. The van der Waals surface area contributed by atoms with Gasteiger partial charge in [-0.05, 0) is 75.2 Å². The van der Waals surface area contributed by atoms with Gasteiger partial charge in [0.25, 0.3) is 0 Å². The number of amides is 1. The molecule has 0 radical (unpaired) electrons. The minimum Gasteiger partial charge on any atom is -0.339 e. The Morgan fingerprint density at radius 3 is 2.41 bits per heavy atom. The highest BCUT2D eigenvalue weighted by Gasteiger charge is 2.42. The van der Waals surface area contributed by atoms with E-state index in [0.29, 0.717) is 29.8 Å². The second-order valence-corrected chi connectivity index (χ2v) is 8.90. The van der Waals surface area contributed by atoms with Crippen LogP contribution >= 0.6 is 12.4 Å². The highest BCUT2D eigenvalue weighted by molar-refractivity contribution is 5.85. The van der Waals surface area contributed by atoms with E-state index in [2.05, 4.69) is 35.2 Å². The van der Waals surface area contributed by atoms with Gasteiger partial charge in [-0.1, -0.05) is 36.8 Å². The van der Waals surface area contributed by atoms with Gasteiger partial charge in [0.2, 0.25) is 5.91 Å². The molecule has 2 bridgehead atoms. The van der Waals surface area contributed by atoms with Gasteiger partial charge < -0.3 is 10.6 Å². The topological polar surface area (TPSA) is 46.3 Å². The van der Waals surface area contributed by atoms with E-state index < -0.39 is 0 Å². The van der Waals surface area contributed by atoms with Crippen molar-refractivity contribution in [3.63, 3.8) is 0 Å². The molecule has 3 atom stereocenters. The third-order valence-corrected chi connectivity index (χ3v) is 7.28. The van der Waals surface area contributed by atoms with Crippen molar-refractivity contribution in [2.24, 2.45) is 23.5 Å². The summed E-state index contributed by atoms with van der Waals surface area (Å²) in [4.78, 5) is 15.7. The average Bonchev–Trinajstić information content (AvgIpc) is 2.67. The van der Waals surface area contributed by atoms with Gasteiger partial charge in [0.05, 0.1) is 0 Å². The molecule has 0 aromatic heterocycles. The Morgan fingerprint density at radius 2 is 1.70 bits per heavy atom. The van der Waals surface area contributed by atoms with Crippen LogP contribution in [0.1, 0.15) is 63.4 Å². The summed E-state index contributed by atoms with van der Waals surface area (Å²) < 4.78 is 0. The van der Waals surface area contributed by atoms with Gasteiger partial charge in [-0.15, -0.1) is 12.4 Å². The zero-order valence-electron chi connectivity index (χ0n) is 16.4. The predicted octanol–water partition coefficient (Wildman–Crippen LogP) is 4.58. The number of fused-ring (bicyclic) bond motifs is 2. The molecule has 2 N–H and O–H groups in total. The summed E-state index contributed by atoms with van der Waals surface area (Å²) in [6, 6.07) is 11.5. The van der Waals surface area contributed by atoms with Crippen LogP contribution in [0, 0.1) is 17.8 Å². The molecule has 27 heavy (non-hydrogen) atoms. The van der Waals surface area contributed by atoms with Crippen LogP contribution in [0.2, 0.25) is 0 Å². The van der Waals surface area contributed by atoms with Crippen LogP contribution in [-0.2, 0) is 11.2 Å². The predicted molar refractivity (Wildman–Crippen MR) is 113 cm³/mol. The van der Waals surface area contributed by atoms with Gasteiger partial charge in [-0.2, -0.15) is 0 Å². The SMILES string of the molecule is Cl.NC1C2CCCC1CC(C(=O)N1CCCCC1CCc1ccccc1)C2. The molecule has 4 rings (SSSR count). The molecular weight excluding hydrogens is 356 g/mol. The second-order valence-electron chi connectivity index (χ2n) is 8.90. The number of carbonyl (C=O) groups is 1. The first-order valence-electron chi connectivity index (χ1n) is 10.8. The first kappa shape index (κ1) is 20.7. The molecule has 150 valence electrons. The van der Waals surface area contributed by atoms with Crippen LogP contribution < -0.4 is 5.73 Å². The molecule has 1 amide bonds. The van der Waals surface area contributed by atoms with Crippen molar-refractivity contribution in [3.8, 4) is 0 Å². The summed E-state index contributed by atoms with van der Waals surface area (Å²) in [7, 11) is 0. The van der Waals surface area contributed by atoms with Crippen molar-refractivity contribution >= 4 is 18.3 Å². The number of nitrogens with zero attached hydrogens (tertiary/aromatic N) is 1. The molecule has 3 nitrogen and oxygen atoms in total. The van der Waals surface area contributed by atoms with E-state index >= 15 is 0 Å². The Hall–Kier alpha value is -1.06. The Bertz CT molecular complexity index is 594. The number of benzene rings is 1. The standard InChI is InChI=1S/C23H34N2O.ClH/c24-22-18-9-6-10-19(22)16-20(15-18)23(26)25-14-5-4-11-21(25)13-12-17-7-2-1-3-8-17;/h1-3,7-8,18-22H,4-6,9-16,24H2;1H. The summed E-state index contributed by atoms with van der Waals surface area (Å²) in [5.74, 6) is 1.86. The third kappa shape index (κ3) is 4.68. The lowest BCUT2D eigenvalue weighted by Crippen LogP contribution is -2.52. The highest BCUT2D eigenvalue weighted by atomic mass is 35.5. The van der Waals surface area contributed by atoms with Gasteiger partial charge in [0, 0.05) is 24.5 Å². The smallest absolute Gasteiger partial charge is 0.225 e. The molecule has 2 saturated carbocycles. The van der Waals surface area contributed by atoms with Crippen LogP contribution in [0.4, 0.5) is 0 Å². The molecule has 1 aromatic carbocycles. The van der Waals surface area contributed by atoms with Crippen molar-refractivity contribution < 1.29 is 4.79 Å². The Kier molecular flexibility index (Phi) is 7.22. The van der Waals surface area contributed by atoms with E-state index in [9.17, 15) is 4.79 Å². The zero-order chi connectivity index (χ0) is 17.9. The normalized spacial score (nSPS) is 33.2. The minimum atomic E-state index is 0. The monoisotopic (exact) mass is 390 g/mol. The number of rotatable bonds is 4. The van der Waals surface area contributed by atoms with E-state index in [1.54, 1.807) is 0 Å². The fourth-order valence-electron chi connectivity index (χ4n) is 5.79. The van der Waals surface area contributed by atoms with E-state index in [1.807, 2.05) is 0 Å². The van der Waals surface area contributed by atoms with Crippen molar-refractivity contribution in [1.82, 2.24) is 4.90 Å². The molecule has 2 aliphatic carbocycles. The number of carbonyl (C=O) groups excluding carboxylic acids is 1. The Labute approximate surface area is 170 Å². The fourth-order valence-corrected chi connectivity index (χ4v) is 5.79. The maximum absolute atomic E-state index is 13.4. The molecule has 4 heteroatoms. The zero-order valence-corrected chi connectivity index (χ0v) is 17.2. The average molecular weight is 391 g/mol. The van der Waals surface area contributed by atoms with Crippen LogP contribution in [0.3, 0.4) is 0 Å². The number of likely N-dealkylation sites (tertiary alicyclic amines) is 1. The lowest BCUT2D eigenvalue weighted by molar-refractivity contribution is -0.142. The first-order chi connectivity index (χ1) is 12.7. The van der Waals surface area contributed by atoms with Gasteiger partial charge in [0.1, 0.15) is 0 Å². The maximum atomic E-state index is 13.4. The fraction of sp³-hybridized carbons (Fsp3) is 0.696. The lowest BCUT2D eigenvalue weighted by Gasteiger charge is -2.46. The van der Waals surface area contributed by atoms with Gasteiger partial charge in [-0.25, -0.2) is 0 Å². The van der Waals surface area contributed by atoms with Crippen LogP contribution in [0.5, 0.6) is 0 Å². The molecule has 1 heterocycles. The van der Waals surface area contributed by atoms with E-state index in [4.69, 9.17) is 5.73 Å². The van der Waals surface area contributed by atoms with Crippen molar-refractivity contribution in [2.45, 2.75) is 76.3 Å². The van der Waals surface area contributed by atoms with Crippen LogP contribution in [-0.4, -0.2) is 29.4 Å². The summed E-state index contributed by atoms with van der Waals surface area (Å²) in [5, 5.41) is 0. The minimum absolute atomic E-state index is 0. The summed E-state index contributed by atoms with van der Waals surface area (Å²) >= 11 is 0. The van der Waals surface area contributed by atoms with E-state index in [0.717, 1.165) is 32.2 Å². The molecule has 1 aromatic rings. The molecule has 1 aliphatic heterocycles. The van der Waals surface area contributed by atoms with Gasteiger partial charge in [0.15, 0.2) is 0 Å². The number of hydrogen-bond acceptors (Lipinski definition) is 2. The largest absolute Gasteiger partial charge is 0.339 e. The second kappa shape index (κ2) is 9.43. The molecule has 3 unspecified atom stereocenters. The number of halogens is 1. The quantitative estimate of drug-likeness (QED) is 0.818. The maximum Gasteiger partial charge on any atom is 0.225 e. The molecule has 3 fully saturated rings. The van der Waals surface area contributed by atoms with Gasteiger partial charge >= 0.3 is 0 Å². The van der Waals surface area contributed by atoms with Crippen molar-refractivity contribution in [2.75, 3.05) is 6.54 Å². The summed E-state index contributed by atoms with van der Waals surface area (Å²) in [6.07, 6.45) is 11.7. The van der Waals surface area contributed by atoms with Crippen molar-refractivity contribution in [1.29, 1.82) is 0 Å².